The van der Waals surface area contributed by atoms with Crippen LogP contribution in [0.1, 0.15) is 20.3 Å². The Labute approximate surface area is 84.4 Å². The van der Waals surface area contributed by atoms with E-state index in [1.165, 1.54) is 14.0 Å². The van der Waals surface area contributed by atoms with Crippen LogP contribution in [0.25, 0.3) is 0 Å². The zero-order valence-corrected chi connectivity index (χ0v) is 9.00. The van der Waals surface area contributed by atoms with Gasteiger partial charge in [0.2, 0.25) is 5.91 Å². The third kappa shape index (κ3) is 5.40. The van der Waals surface area contributed by atoms with Crippen LogP contribution in [-0.4, -0.2) is 43.6 Å². The van der Waals surface area contributed by atoms with Crippen molar-refractivity contribution in [3.8, 4) is 0 Å². The molecule has 1 N–H and O–H groups in total. The number of rotatable bonds is 5. The summed E-state index contributed by atoms with van der Waals surface area (Å²) in [6.07, 6.45) is 0.447. The lowest BCUT2D eigenvalue weighted by Crippen LogP contribution is -2.37. The second-order valence-corrected chi connectivity index (χ2v) is 2.92. The van der Waals surface area contributed by atoms with Crippen LogP contribution in [0.3, 0.4) is 0 Å². The first-order valence-electron chi connectivity index (χ1n) is 4.69. The van der Waals surface area contributed by atoms with Crippen LogP contribution in [0.15, 0.2) is 0 Å². The molecule has 0 aromatic carbocycles. The van der Waals surface area contributed by atoms with E-state index < -0.39 is 6.09 Å². The molecule has 0 fully saturated rings. The summed E-state index contributed by atoms with van der Waals surface area (Å²) in [5.74, 6) is 0.0264. The van der Waals surface area contributed by atoms with Gasteiger partial charge in [-0.05, 0) is 6.42 Å². The largest absolute Gasteiger partial charge is 0.453 e. The Morgan fingerprint density at radius 3 is 2.43 bits per heavy atom. The molecule has 5 heteroatoms. The van der Waals surface area contributed by atoms with Crippen LogP contribution in [0.4, 0.5) is 4.79 Å². The molecule has 0 rings (SSSR count). The fourth-order valence-corrected chi connectivity index (χ4v) is 1.06. The summed E-state index contributed by atoms with van der Waals surface area (Å²) < 4.78 is 4.40. The predicted octanol–water partition coefficient (Wildman–Crippen LogP) is 0.601. The smallest absolute Gasteiger partial charge is 0.406 e. The Balaban J connectivity index is 3.71. The van der Waals surface area contributed by atoms with Crippen LogP contribution >= 0.6 is 0 Å². The molecule has 0 heterocycles. The minimum absolute atomic E-state index is 0.0264. The molecule has 0 spiro atoms. The van der Waals surface area contributed by atoms with Crippen molar-refractivity contribution in [2.75, 3.05) is 26.7 Å². The van der Waals surface area contributed by atoms with Crippen molar-refractivity contribution < 1.29 is 14.3 Å². The third-order valence-electron chi connectivity index (χ3n) is 1.78. The van der Waals surface area contributed by atoms with Crippen molar-refractivity contribution in [3.05, 3.63) is 0 Å². The first-order chi connectivity index (χ1) is 6.61. The summed E-state index contributed by atoms with van der Waals surface area (Å²) in [4.78, 5) is 23.4. The van der Waals surface area contributed by atoms with E-state index in [9.17, 15) is 9.59 Å². The maximum absolute atomic E-state index is 11.1. The first-order valence-corrected chi connectivity index (χ1v) is 4.69. The van der Waals surface area contributed by atoms with E-state index in [1.54, 1.807) is 4.90 Å². The van der Waals surface area contributed by atoms with E-state index in [0.717, 1.165) is 13.0 Å². The molecule has 0 aliphatic heterocycles. The van der Waals surface area contributed by atoms with Crippen LogP contribution in [0.5, 0.6) is 0 Å². The van der Waals surface area contributed by atoms with Gasteiger partial charge in [-0.3, -0.25) is 4.79 Å². The summed E-state index contributed by atoms with van der Waals surface area (Å²) >= 11 is 0. The molecule has 5 nitrogen and oxygen atoms in total. The Hall–Kier alpha value is -1.26. The number of nitrogens with one attached hydrogen (secondary N) is 1. The predicted molar refractivity (Wildman–Crippen MR) is 53.0 cm³/mol. The number of nitrogens with zero attached hydrogens (tertiary/aromatic N) is 1. The van der Waals surface area contributed by atoms with E-state index in [2.05, 4.69) is 10.1 Å². The van der Waals surface area contributed by atoms with E-state index >= 15 is 0 Å². The summed E-state index contributed by atoms with van der Waals surface area (Å²) in [7, 11) is 1.31. The zero-order chi connectivity index (χ0) is 11.0. The highest BCUT2D eigenvalue weighted by Gasteiger charge is 2.07. The summed E-state index contributed by atoms with van der Waals surface area (Å²) in [5.41, 5.74) is 0. The molecule has 0 unspecified atom stereocenters. The molecule has 0 saturated carbocycles. The van der Waals surface area contributed by atoms with Crippen molar-refractivity contribution >= 4 is 12.0 Å². The molecule has 0 saturated heterocycles. The van der Waals surface area contributed by atoms with Gasteiger partial charge >= 0.3 is 6.09 Å². The average Bonchev–Trinajstić information content (AvgIpc) is 2.16. The Kier molecular flexibility index (Phi) is 6.53. The molecule has 0 atom stereocenters. The minimum Gasteiger partial charge on any atom is -0.453 e. The molecule has 0 aliphatic carbocycles. The second kappa shape index (κ2) is 7.17. The first kappa shape index (κ1) is 12.7. The highest BCUT2D eigenvalue weighted by atomic mass is 16.5. The molecule has 0 bridgehead atoms. The van der Waals surface area contributed by atoms with Crippen molar-refractivity contribution in [1.82, 2.24) is 10.2 Å². The molecule has 82 valence electrons. The Morgan fingerprint density at radius 1 is 1.36 bits per heavy atom. The molecule has 0 aromatic rings. The fraction of sp³-hybridized carbons (Fsp3) is 0.778. The van der Waals surface area contributed by atoms with Gasteiger partial charge in [0.25, 0.3) is 0 Å². The molecular formula is C9H18N2O3. The number of hydrogen-bond donors (Lipinski definition) is 1. The number of carbonyl (C=O) groups is 2. The maximum atomic E-state index is 11.1. The molecule has 2 amide bonds. The molecular weight excluding hydrogens is 184 g/mol. The number of alkyl carbamates (subject to hydrolysis) is 1. The molecule has 0 aliphatic rings. The van der Waals surface area contributed by atoms with Crippen molar-refractivity contribution in [1.29, 1.82) is 0 Å². The maximum Gasteiger partial charge on any atom is 0.406 e. The highest BCUT2D eigenvalue weighted by molar-refractivity contribution is 5.73. The lowest BCUT2D eigenvalue weighted by molar-refractivity contribution is -0.128. The SMILES string of the molecule is CCCN(CCNC(=O)OC)C(C)=O. The normalized spacial score (nSPS) is 9.36. The van der Waals surface area contributed by atoms with E-state index in [0.29, 0.717) is 13.1 Å². The standard InChI is InChI=1S/C9H18N2O3/c1-4-6-11(8(2)12)7-5-10-9(13)14-3/h4-7H2,1-3H3,(H,10,13). The third-order valence-corrected chi connectivity index (χ3v) is 1.78. The van der Waals surface area contributed by atoms with Gasteiger partial charge in [-0.1, -0.05) is 6.92 Å². The van der Waals surface area contributed by atoms with Crippen LogP contribution in [0.2, 0.25) is 0 Å². The lowest BCUT2D eigenvalue weighted by Gasteiger charge is -2.19. The van der Waals surface area contributed by atoms with Gasteiger partial charge in [0, 0.05) is 26.6 Å². The summed E-state index contributed by atoms with van der Waals surface area (Å²) in [6.45, 7) is 5.19. The van der Waals surface area contributed by atoms with Gasteiger partial charge in [-0.15, -0.1) is 0 Å². The minimum atomic E-state index is -0.468. The molecule has 0 aromatic heterocycles. The zero-order valence-electron chi connectivity index (χ0n) is 9.00. The number of carbonyl (C=O) groups excluding carboxylic acids is 2. The van der Waals surface area contributed by atoms with Crippen LogP contribution < -0.4 is 5.32 Å². The number of ether oxygens (including phenoxy) is 1. The van der Waals surface area contributed by atoms with Crippen molar-refractivity contribution in [2.24, 2.45) is 0 Å². The van der Waals surface area contributed by atoms with Crippen molar-refractivity contribution in [3.63, 3.8) is 0 Å². The van der Waals surface area contributed by atoms with Gasteiger partial charge in [-0.2, -0.15) is 0 Å². The van der Waals surface area contributed by atoms with E-state index in [-0.39, 0.29) is 5.91 Å². The number of hydrogen-bond acceptors (Lipinski definition) is 3. The quantitative estimate of drug-likeness (QED) is 0.710. The topological polar surface area (TPSA) is 58.6 Å². The van der Waals surface area contributed by atoms with E-state index in [4.69, 9.17) is 0 Å². The highest BCUT2D eigenvalue weighted by Crippen LogP contribution is 1.91. The lowest BCUT2D eigenvalue weighted by atomic mass is 10.4. The van der Waals surface area contributed by atoms with Gasteiger partial charge in [0.15, 0.2) is 0 Å². The van der Waals surface area contributed by atoms with Gasteiger partial charge in [0.05, 0.1) is 7.11 Å². The summed E-state index contributed by atoms with van der Waals surface area (Å²) in [5, 5.41) is 2.52. The van der Waals surface area contributed by atoms with Gasteiger partial charge in [0.1, 0.15) is 0 Å². The molecule has 0 radical (unpaired) electrons. The monoisotopic (exact) mass is 202 g/mol. The summed E-state index contributed by atoms with van der Waals surface area (Å²) in [6, 6.07) is 0. The molecule has 14 heavy (non-hydrogen) atoms. The average molecular weight is 202 g/mol. The Bertz CT molecular complexity index is 194. The van der Waals surface area contributed by atoms with E-state index in [1.807, 2.05) is 6.92 Å². The van der Waals surface area contributed by atoms with Gasteiger partial charge < -0.3 is 15.0 Å². The van der Waals surface area contributed by atoms with Crippen LogP contribution in [0, 0.1) is 0 Å². The Morgan fingerprint density at radius 2 is 2.00 bits per heavy atom. The number of amides is 2. The van der Waals surface area contributed by atoms with Crippen molar-refractivity contribution in [2.45, 2.75) is 20.3 Å². The second-order valence-electron chi connectivity index (χ2n) is 2.92. The van der Waals surface area contributed by atoms with Crippen LogP contribution in [-0.2, 0) is 9.53 Å². The number of methoxy groups -OCH3 is 1. The van der Waals surface area contributed by atoms with Gasteiger partial charge in [-0.25, -0.2) is 4.79 Å². The fourth-order valence-electron chi connectivity index (χ4n) is 1.06.